The molecule has 2 nitrogen and oxygen atoms in total. The minimum Gasteiger partial charge on any atom is -0.469 e. The van der Waals surface area contributed by atoms with Gasteiger partial charge in [0, 0.05) is 5.56 Å². The summed E-state index contributed by atoms with van der Waals surface area (Å²) in [6.07, 6.45) is 3.33. The first kappa shape index (κ1) is 11.4. The SMILES string of the molecule is COC(=O)CC=Cc1cc(C)ccc1F. The monoisotopic (exact) mass is 208 g/mol. The van der Waals surface area contributed by atoms with Gasteiger partial charge in [-0.05, 0) is 19.1 Å². The van der Waals surface area contributed by atoms with Gasteiger partial charge in [-0.2, -0.15) is 0 Å². The van der Waals surface area contributed by atoms with Crippen LogP contribution in [0.15, 0.2) is 24.3 Å². The normalized spacial score (nSPS) is 10.6. The van der Waals surface area contributed by atoms with E-state index in [9.17, 15) is 9.18 Å². The zero-order valence-electron chi connectivity index (χ0n) is 8.79. The van der Waals surface area contributed by atoms with E-state index in [1.54, 1.807) is 24.3 Å². The highest BCUT2D eigenvalue weighted by Crippen LogP contribution is 2.11. The fraction of sp³-hybridized carbons (Fsp3) is 0.250. The molecule has 0 fully saturated rings. The van der Waals surface area contributed by atoms with Crippen molar-refractivity contribution in [1.29, 1.82) is 0 Å². The molecule has 1 aromatic rings. The first-order valence-corrected chi connectivity index (χ1v) is 4.63. The van der Waals surface area contributed by atoms with Gasteiger partial charge in [-0.25, -0.2) is 4.39 Å². The Kier molecular flexibility index (Phi) is 4.03. The molecule has 0 aromatic heterocycles. The average molecular weight is 208 g/mol. The quantitative estimate of drug-likeness (QED) is 0.714. The van der Waals surface area contributed by atoms with Crippen LogP contribution >= 0.6 is 0 Å². The third-order valence-corrected chi connectivity index (χ3v) is 1.96. The maximum atomic E-state index is 13.2. The van der Waals surface area contributed by atoms with E-state index in [0.29, 0.717) is 5.56 Å². The smallest absolute Gasteiger partial charge is 0.309 e. The van der Waals surface area contributed by atoms with Gasteiger partial charge in [-0.1, -0.05) is 23.8 Å². The van der Waals surface area contributed by atoms with Gasteiger partial charge in [-0.3, -0.25) is 4.79 Å². The molecule has 0 spiro atoms. The third kappa shape index (κ3) is 3.54. The zero-order valence-corrected chi connectivity index (χ0v) is 8.79. The van der Waals surface area contributed by atoms with Crippen molar-refractivity contribution < 1.29 is 13.9 Å². The Bertz CT molecular complexity index is 383. The number of hydrogen-bond acceptors (Lipinski definition) is 2. The van der Waals surface area contributed by atoms with Crippen molar-refractivity contribution in [2.24, 2.45) is 0 Å². The van der Waals surface area contributed by atoms with Gasteiger partial charge < -0.3 is 4.74 Å². The number of halogens is 1. The van der Waals surface area contributed by atoms with Crippen LogP contribution in [0.5, 0.6) is 0 Å². The maximum Gasteiger partial charge on any atom is 0.309 e. The number of carbonyl (C=O) groups excluding carboxylic acids is 1. The summed E-state index contributed by atoms with van der Waals surface area (Å²) in [5.74, 6) is -0.624. The van der Waals surface area contributed by atoms with Gasteiger partial charge in [0.2, 0.25) is 0 Å². The van der Waals surface area contributed by atoms with Crippen LogP contribution in [0, 0.1) is 12.7 Å². The zero-order chi connectivity index (χ0) is 11.3. The van der Waals surface area contributed by atoms with E-state index >= 15 is 0 Å². The summed E-state index contributed by atoms with van der Waals surface area (Å²) >= 11 is 0. The Morgan fingerprint density at radius 2 is 2.27 bits per heavy atom. The molecular formula is C12H13FO2. The molecule has 0 aliphatic rings. The Morgan fingerprint density at radius 3 is 2.93 bits per heavy atom. The molecule has 3 heteroatoms. The first-order chi connectivity index (χ1) is 7.13. The standard InChI is InChI=1S/C12H13FO2/c1-9-6-7-11(13)10(8-9)4-3-5-12(14)15-2/h3-4,6-8H,5H2,1-2H3. The van der Waals surface area contributed by atoms with E-state index in [4.69, 9.17) is 0 Å². The maximum absolute atomic E-state index is 13.2. The van der Waals surface area contributed by atoms with Crippen LogP contribution in [-0.4, -0.2) is 13.1 Å². The molecule has 0 aliphatic heterocycles. The molecule has 0 aliphatic carbocycles. The molecule has 0 bridgehead atoms. The molecule has 0 saturated heterocycles. The van der Waals surface area contributed by atoms with Gasteiger partial charge >= 0.3 is 5.97 Å². The second-order valence-electron chi connectivity index (χ2n) is 3.21. The van der Waals surface area contributed by atoms with Crippen LogP contribution < -0.4 is 0 Å². The fourth-order valence-corrected chi connectivity index (χ4v) is 1.16. The Morgan fingerprint density at radius 1 is 1.53 bits per heavy atom. The lowest BCUT2D eigenvalue weighted by Crippen LogP contribution is -1.96. The first-order valence-electron chi connectivity index (χ1n) is 4.63. The Hall–Kier alpha value is -1.64. The molecule has 15 heavy (non-hydrogen) atoms. The van der Waals surface area contributed by atoms with Crippen molar-refractivity contribution in [3.63, 3.8) is 0 Å². The lowest BCUT2D eigenvalue weighted by atomic mass is 10.1. The molecule has 0 amide bonds. The molecule has 0 unspecified atom stereocenters. The molecular weight excluding hydrogens is 195 g/mol. The topological polar surface area (TPSA) is 26.3 Å². The van der Waals surface area contributed by atoms with E-state index in [1.807, 2.05) is 6.92 Å². The summed E-state index contributed by atoms with van der Waals surface area (Å²) in [4.78, 5) is 10.8. The summed E-state index contributed by atoms with van der Waals surface area (Å²) in [7, 11) is 1.32. The number of esters is 1. The molecule has 80 valence electrons. The van der Waals surface area contributed by atoms with Crippen LogP contribution in [0.1, 0.15) is 17.5 Å². The number of benzene rings is 1. The lowest BCUT2D eigenvalue weighted by molar-refractivity contribution is -0.139. The predicted octanol–water partition coefficient (Wildman–Crippen LogP) is 2.71. The van der Waals surface area contributed by atoms with Crippen molar-refractivity contribution in [3.05, 3.63) is 41.2 Å². The molecule has 1 aromatic carbocycles. The molecule has 1 rings (SSSR count). The summed E-state index contributed by atoms with van der Waals surface area (Å²) in [5.41, 5.74) is 1.47. The third-order valence-electron chi connectivity index (χ3n) is 1.96. The van der Waals surface area contributed by atoms with Crippen molar-refractivity contribution >= 4 is 12.0 Å². The van der Waals surface area contributed by atoms with Crippen LogP contribution in [0.4, 0.5) is 4.39 Å². The van der Waals surface area contributed by atoms with Crippen LogP contribution in [-0.2, 0) is 9.53 Å². The summed E-state index contributed by atoms with van der Waals surface area (Å²) in [5, 5.41) is 0. The van der Waals surface area contributed by atoms with E-state index in [1.165, 1.54) is 13.2 Å². The van der Waals surface area contributed by atoms with Crippen molar-refractivity contribution in [2.75, 3.05) is 7.11 Å². The summed E-state index contributed by atoms with van der Waals surface area (Å²) in [6, 6.07) is 4.84. The lowest BCUT2D eigenvalue weighted by Gasteiger charge is -1.98. The number of ether oxygens (including phenoxy) is 1. The summed E-state index contributed by atoms with van der Waals surface area (Å²) < 4.78 is 17.7. The van der Waals surface area contributed by atoms with Gasteiger partial charge in [0.1, 0.15) is 5.82 Å². The van der Waals surface area contributed by atoms with E-state index in [-0.39, 0.29) is 18.2 Å². The largest absolute Gasteiger partial charge is 0.469 e. The van der Waals surface area contributed by atoms with Gasteiger partial charge in [0.15, 0.2) is 0 Å². The Balaban J connectivity index is 2.71. The van der Waals surface area contributed by atoms with Gasteiger partial charge in [-0.15, -0.1) is 0 Å². The van der Waals surface area contributed by atoms with E-state index < -0.39 is 0 Å². The minimum absolute atomic E-state index is 0.157. The second-order valence-corrected chi connectivity index (χ2v) is 3.21. The van der Waals surface area contributed by atoms with Crippen molar-refractivity contribution in [1.82, 2.24) is 0 Å². The van der Waals surface area contributed by atoms with Crippen LogP contribution in [0.2, 0.25) is 0 Å². The molecule has 0 N–H and O–H groups in total. The highest BCUT2D eigenvalue weighted by atomic mass is 19.1. The number of hydrogen-bond donors (Lipinski definition) is 0. The van der Waals surface area contributed by atoms with Crippen molar-refractivity contribution in [3.8, 4) is 0 Å². The molecule has 0 saturated carbocycles. The Labute approximate surface area is 88.4 Å². The molecule has 0 heterocycles. The number of methoxy groups -OCH3 is 1. The van der Waals surface area contributed by atoms with E-state index in [0.717, 1.165) is 5.56 Å². The fourth-order valence-electron chi connectivity index (χ4n) is 1.16. The van der Waals surface area contributed by atoms with Gasteiger partial charge in [0.25, 0.3) is 0 Å². The highest BCUT2D eigenvalue weighted by molar-refractivity contribution is 5.72. The minimum atomic E-state index is -0.334. The second kappa shape index (κ2) is 5.29. The summed E-state index contributed by atoms with van der Waals surface area (Å²) in [6.45, 7) is 1.89. The molecule has 0 atom stereocenters. The molecule has 0 radical (unpaired) electrons. The van der Waals surface area contributed by atoms with E-state index in [2.05, 4.69) is 4.74 Å². The predicted molar refractivity (Wildman–Crippen MR) is 56.8 cm³/mol. The average Bonchev–Trinajstić information content (AvgIpc) is 2.23. The number of carbonyl (C=O) groups is 1. The number of rotatable bonds is 3. The van der Waals surface area contributed by atoms with Crippen molar-refractivity contribution in [2.45, 2.75) is 13.3 Å². The number of aryl methyl sites for hydroxylation is 1. The highest BCUT2D eigenvalue weighted by Gasteiger charge is 1.99. The van der Waals surface area contributed by atoms with Crippen LogP contribution in [0.25, 0.3) is 6.08 Å². The van der Waals surface area contributed by atoms with Gasteiger partial charge in [0.05, 0.1) is 13.5 Å². The van der Waals surface area contributed by atoms with Crippen LogP contribution in [0.3, 0.4) is 0 Å².